The van der Waals surface area contributed by atoms with Crippen molar-refractivity contribution in [2.75, 3.05) is 35.2 Å². The van der Waals surface area contributed by atoms with Crippen LogP contribution in [0.25, 0.3) is 5.57 Å². The first kappa shape index (κ1) is 20.9. The van der Waals surface area contributed by atoms with Crippen molar-refractivity contribution in [1.29, 1.82) is 0 Å². The summed E-state index contributed by atoms with van der Waals surface area (Å²) >= 11 is 0. The summed E-state index contributed by atoms with van der Waals surface area (Å²) in [5.74, 6) is 3.63. The summed E-state index contributed by atoms with van der Waals surface area (Å²) in [5, 5.41) is 10.8. The Bertz CT molecular complexity index is 1190. The molecule has 3 fully saturated rings. The van der Waals surface area contributed by atoms with Crippen molar-refractivity contribution < 1.29 is 9.32 Å². The van der Waals surface area contributed by atoms with Crippen LogP contribution in [0.3, 0.4) is 0 Å². The fourth-order valence-electron chi connectivity index (χ4n) is 6.06. The lowest BCUT2D eigenvalue weighted by atomic mass is 9.73. The fourth-order valence-corrected chi connectivity index (χ4v) is 7.41. The number of aromatic nitrogens is 4. The lowest BCUT2D eigenvalue weighted by Crippen LogP contribution is -2.56. The van der Waals surface area contributed by atoms with Crippen LogP contribution in [0.1, 0.15) is 67.9 Å². The minimum Gasteiger partial charge on any atom is -0.391 e. The topological polar surface area (TPSA) is 95.3 Å². The average Bonchev–Trinajstić information content (AvgIpc) is 3.54. The molecule has 2 aromatic rings. The Balaban J connectivity index is 1.18. The Morgan fingerprint density at radius 2 is 1.88 bits per heavy atom. The first-order valence-corrected chi connectivity index (χ1v) is 14.0. The second-order valence-corrected chi connectivity index (χ2v) is 11.9. The largest absolute Gasteiger partial charge is 0.391 e. The quantitative estimate of drug-likeness (QED) is 0.717. The van der Waals surface area contributed by atoms with Gasteiger partial charge in [0.2, 0.25) is 5.95 Å². The van der Waals surface area contributed by atoms with Gasteiger partial charge in [-0.2, -0.15) is 4.98 Å². The summed E-state index contributed by atoms with van der Waals surface area (Å²) in [6, 6.07) is 0. The predicted octanol–water partition coefficient (Wildman–Crippen LogP) is 2.60. The van der Waals surface area contributed by atoms with E-state index in [1.807, 2.05) is 12.4 Å². The number of nitrogens with zero attached hydrogens (tertiary/aromatic N) is 6. The van der Waals surface area contributed by atoms with Gasteiger partial charge in [0.25, 0.3) is 0 Å². The normalized spacial score (nSPS) is 27.6. The van der Waals surface area contributed by atoms with Gasteiger partial charge in [0.05, 0.1) is 28.1 Å². The fraction of sp³-hybridized carbons (Fsp3) is 0.600. The molecule has 178 valence electrons. The summed E-state index contributed by atoms with van der Waals surface area (Å²) < 4.78 is 12.9. The van der Waals surface area contributed by atoms with Gasteiger partial charge in [-0.1, -0.05) is 6.08 Å². The molecule has 5 aliphatic rings. The van der Waals surface area contributed by atoms with Gasteiger partial charge in [-0.05, 0) is 62.0 Å². The van der Waals surface area contributed by atoms with E-state index in [1.165, 1.54) is 24.0 Å². The maximum Gasteiger partial charge on any atom is 0.227 e. The van der Waals surface area contributed by atoms with Crippen LogP contribution in [0, 0.1) is 0 Å². The van der Waals surface area contributed by atoms with E-state index in [0.29, 0.717) is 24.2 Å². The van der Waals surface area contributed by atoms with Gasteiger partial charge in [-0.25, -0.2) is 15.0 Å². The molecule has 8 nitrogen and oxygen atoms in total. The molecule has 0 radical (unpaired) electrons. The van der Waals surface area contributed by atoms with E-state index >= 15 is 0 Å². The minimum atomic E-state index is -1.07. The second-order valence-electron chi connectivity index (χ2n) is 10.4. The zero-order chi connectivity index (χ0) is 22.9. The average molecular weight is 479 g/mol. The van der Waals surface area contributed by atoms with E-state index in [0.717, 1.165) is 73.8 Å². The number of aliphatic hydroxyl groups is 1. The zero-order valence-electron chi connectivity index (χ0n) is 19.3. The van der Waals surface area contributed by atoms with Crippen molar-refractivity contribution in [3.8, 4) is 0 Å². The van der Waals surface area contributed by atoms with E-state index in [-0.39, 0.29) is 11.6 Å². The molecule has 0 bridgehead atoms. The van der Waals surface area contributed by atoms with E-state index in [2.05, 4.69) is 25.8 Å². The minimum absolute atomic E-state index is 0.231. The Kier molecular flexibility index (Phi) is 4.81. The zero-order valence-corrected chi connectivity index (χ0v) is 20.1. The third-order valence-electron chi connectivity index (χ3n) is 8.42. The smallest absolute Gasteiger partial charge is 0.227 e. The van der Waals surface area contributed by atoms with Crippen molar-refractivity contribution in [1.82, 2.24) is 19.9 Å². The molecular weight excluding hydrogens is 448 g/mol. The highest BCUT2D eigenvalue weighted by Crippen LogP contribution is 2.49. The first-order chi connectivity index (χ1) is 16.6. The molecule has 2 atom stereocenters. The van der Waals surface area contributed by atoms with Gasteiger partial charge >= 0.3 is 0 Å². The molecule has 2 saturated carbocycles. The molecule has 1 N–H and O–H groups in total. The monoisotopic (exact) mass is 478 g/mol. The molecule has 7 rings (SSSR count). The Morgan fingerprint density at radius 3 is 2.56 bits per heavy atom. The van der Waals surface area contributed by atoms with Gasteiger partial charge in [-0.15, -0.1) is 0 Å². The van der Waals surface area contributed by atoms with Gasteiger partial charge < -0.3 is 14.9 Å². The second kappa shape index (κ2) is 7.81. The summed E-state index contributed by atoms with van der Waals surface area (Å²) in [6.45, 7) is 2.27. The summed E-state index contributed by atoms with van der Waals surface area (Å²) in [7, 11) is -1.07. The van der Waals surface area contributed by atoms with Crippen molar-refractivity contribution in [2.24, 2.45) is 0 Å². The molecule has 3 aliphatic heterocycles. The van der Waals surface area contributed by atoms with Crippen molar-refractivity contribution in [3.63, 3.8) is 0 Å². The summed E-state index contributed by atoms with van der Waals surface area (Å²) in [4.78, 5) is 24.4. The molecule has 9 heteroatoms. The molecule has 5 heterocycles. The predicted molar refractivity (Wildman–Crippen MR) is 130 cm³/mol. The van der Waals surface area contributed by atoms with E-state index in [1.54, 1.807) is 0 Å². The molecule has 0 aromatic carbocycles. The highest BCUT2D eigenvalue weighted by atomic mass is 32.2. The standard InChI is InChI=1S/C25H30N6O2S/c32-20-6-12-31(25(20)8-1-9-25)23-21-19(7-13-34(21)33)28-24(29-23)30-10-4-17(5-11-30)22-26-14-18(15-27-22)16-2-3-16/h4,14-16,20,32H,1-3,5-13H2/t20-,34+/m0/s1. The van der Waals surface area contributed by atoms with Crippen LogP contribution < -0.4 is 9.80 Å². The Labute approximate surface area is 202 Å². The molecule has 2 aliphatic carbocycles. The molecule has 1 spiro atoms. The molecule has 34 heavy (non-hydrogen) atoms. The summed E-state index contributed by atoms with van der Waals surface area (Å²) in [6.07, 6.45) is 13.7. The number of aryl methyl sites for hydroxylation is 1. The van der Waals surface area contributed by atoms with Crippen LogP contribution in [-0.2, 0) is 17.2 Å². The van der Waals surface area contributed by atoms with Crippen LogP contribution in [0.4, 0.5) is 11.8 Å². The molecule has 2 aromatic heterocycles. The lowest BCUT2D eigenvalue weighted by molar-refractivity contribution is 0.0579. The van der Waals surface area contributed by atoms with Gasteiger partial charge in [0.1, 0.15) is 4.90 Å². The summed E-state index contributed by atoms with van der Waals surface area (Å²) in [5.41, 5.74) is 3.13. The Hall–Kier alpha value is -2.39. The molecule has 0 amide bonds. The Morgan fingerprint density at radius 1 is 1.06 bits per heavy atom. The van der Waals surface area contributed by atoms with Crippen LogP contribution in [0.5, 0.6) is 0 Å². The number of rotatable bonds is 4. The molecular formula is C25H30N6O2S. The van der Waals surface area contributed by atoms with Gasteiger partial charge in [0.15, 0.2) is 11.6 Å². The maximum absolute atomic E-state index is 12.9. The van der Waals surface area contributed by atoms with E-state index in [4.69, 9.17) is 9.97 Å². The maximum atomic E-state index is 12.9. The third-order valence-corrected chi connectivity index (χ3v) is 9.87. The van der Waals surface area contributed by atoms with Crippen LogP contribution in [0.2, 0.25) is 0 Å². The lowest BCUT2D eigenvalue weighted by Gasteiger charge is -2.48. The number of aliphatic hydroxyl groups excluding tert-OH is 1. The number of hydrogen-bond donors (Lipinski definition) is 1. The number of hydrogen-bond acceptors (Lipinski definition) is 8. The van der Waals surface area contributed by atoms with Crippen LogP contribution in [0.15, 0.2) is 23.4 Å². The van der Waals surface area contributed by atoms with Crippen molar-refractivity contribution >= 4 is 28.1 Å². The van der Waals surface area contributed by atoms with E-state index < -0.39 is 10.8 Å². The molecule has 1 saturated heterocycles. The van der Waals surface area contributed by atoms with Gasteiger partial charge in [-0.3, -0.25) is 4.21 Å². The SMILES string of the molecule is O=[S@@]1CCc2nc(N3CC=C(c4ncc(C5CC5)cn4)CC3)nc(N3CC[C@H](O)C34CCC4)c21. The first-order valence-electron chi connectivity index (χ1n) is 12.6. The highest BCUT2D eigenvalue weighted by Gasteiger charge is 2.53. The van der Waals surface area contributed by atoms with Gasteiger partial charge in [0, 0.05) is 44.2 Å². The third kappa shape index (κ3) is 3.23. The molecule has 0 unspecified atom stereocenters. The van der Waals surface area contributed by atoms with Crippen molar-refractivity contribution in [2.45, 2.75) is 73.8 Å². The highest BCUT2D eigenvalue weighted by molar-refractivity contribution is 7.85. The van der Waals surface area contributed by atoms with Crippen LogP contribution in [-0.4, -0.2) is 66.3 Å². The van der Waals surface area contributed by atoms with E-state index in [9.17, 15) is 9.32 Å². The van der Waals surface area contributed by atoms with Crippen LogP contribution >= 0.6 is 0 Å². The number of anilines is 2. The number of fused-ring (bicyclic) bond motifs is 1. The van der Waals surface area contributed by atoms with Crippen molar-refractivity contribution in [3.05, 3.63) is 35.6 Å².